The van der Waals surface area contributed by atoms with Crippen LogP contribution in [0.1, 0.15) is 5.69 Å². The van der Waals surface area contributed by atoms with Gasteiger partial charge in [0.15, 0.2) is 16.2 Å². The van der Waals surface area contributed by atoms with Crippen molar-refractivity contribution in [1.82, 2.24) is 9.97 Å². The van der Waals surface area contributed by atoms with Gasteiger partial charge in [-0.05, 0) is 25.1 Å². The maximum Gasteiger partial charge on any atom is 0.218 e. The molecule has 1 aliphatic heterocycles. The number of nitrogen functional groups attached to an aromatic ring is 1. The van der Waals surface area contributed by atoms with Gasteiger partial charge in [-0.2, -0.15) is 0 Å². The van der Waals surface area contributed by atoms with E-state index in [1.54, 1.807) is 6.92 Å². The second kappa shape index (κ2) is 6.81. The molecular weight excluding hydrogens is 448 g/mol. The Hall–Kier alpha value is -3.39. The van der Waals surface area contributed by atoms with Crippen molar-refractivity contribution in [3.8, 4) is 22.6 Å². The zero-order valence-electron chi connectivity index (χ0n) is 15.7. The summed E-state index contributed by atoms with van der Waals surface area (Å²) in [5.41, 5.74) is 5.71. The molecule has 1 aliphatic carbocycles. The Morgan fingerprint density at radius 2 is 1.61 bits per heavy atom. The molecule has 0 unspecified atom stereocenters. The second-order valence-electron chi connectivity index (χ2n) is 6.60. The van der Waals surface area contributed by atoms with Crippen LogP contribution in [-0.2, 0) is 20.2 Å². The van der Waals surface area contributed by atoms with Crippen molar-refractivity contribution in [2.75, 3.05) is 5.73 Å². The summed E-state index contributed by atoms with van der Waals surface area (Å²) in [6, 6.07) is 5.19. The number of hydrogen-bond donors (Lipinski definition) is 2. The number of nitrogens with two attached hydrogens (primary N) is 2. The molecule has 2 heterocycles. The van der Waals surface area contributed by atoms with Crippen molar-refractivity contribution < 1.29 is 35.8 Å². The zero-order chi connectivity index (χ0) is 22.7. The van der Waals surface area contributed by atoms with Crippen molar-refractivity contribution in [3.63, 3.8) is 0 Å². The van der Waals surface area contributed by atoms with Crippen LogP contribution in [0.15, 0.2) is 50.9 Å². The van der Waals surface area contributed by atoms with Gasteiger partial charge in [0.05, 0.1) is 17.1 Å². The smallest absolute Gasteiger partial charge is 0.218 e. The maximum atomic E-state index is 11.9. The van der Waals surface area contributed by atoms with Gasteiger partial charge in [-0.25, -0.2) is 16.8 Å². The maximum absolute atomic E-state index is 11.9. The fourth-order valence-corrected chi connectivity index (χ4v) is 4.89. The highest BCUT2D eigenvalue weighted by atomic mass is 32.2. The van der Waals surface area contributed by atoms with Crippen molar-refractivity contribution in [3.05, 3.63) is 47.7 Å². The Labute approximate surface area is 175 Å². The van der Waals surface area contributed by atoms with Crippen LogP contribution in [0.4, 0.5) is 5.69 Å². The van der Waals surface area contributed by atoms with Crippen LogP contribution >= 0.6 is 0 Å². The van der Waals surface area contributed by atoms with Gasteiger partial charge in [-0.1, -0.05) is 0 Å². The Bertz CT molecular complexity index is 1630. The average Bonchev–Trinajstić information content (AvgIpc) is 2.64. The summed E-state index contributed by atoms with van der Waals surface area (Å²) in [7, 11) is -10.3. The van der Waals surface area contributed by atoms with Crippen LogP contribution in [0.3, 0.4) is 0 Å². The summed E-state index contributed by atoms with van der Waals surface area (Å²) >= 11 is 0. The van der Waals surface area contributed by atoms with Gasteiger partial charge >= 0.3 is 0 Å². The number of nitrogens with zero attached hydrogens (tertiary/aromatic N) is 2. The normalized spacial score (nSPS) is 12.5. The highest BCUT2D eigenvalue weighted by Gasteiger charge is 2.29. The molecule has 2 aliphatic rings. The van der Waals surface area contributed by atoms with E-state index in [1.807, 2.05) is 0 Å². The van der Waals surface area contributed by atoms with Gasteiger partial charge in [0, 0.05) is 35.0 Å². The van der Waals surface area contributed by atoms with Crippen molar-refractivity contribution in [2.45, 2.75) is 16.7 Å². The van der Waals surface area contributed by atoms with Crippen LogP contribution in [0.25, 0.3) is 33.6 Å². The molecule has 0 fully saturated rings. The number of benzene rings is 2. The molecule has 13 heteroatoms. The molecule has 1 aromatic heterocycles. The van der Waals surface area contributed by atoms with E-state index in [1.165, 1.54) is 36.7 Å². The lowest BCUT2D eigenvalue weighted by atomic mass is 9.95. The predicted octanol–water partition coefficient (Wildman–Crippen LogP) is -0.647. The molecule has 4 rings (SSSR count). The van der Waals surface area contributed by atoms with Gasteiger partial charge in [0.25, 0.3) is 0 Å². The molecule has 4 N–H and O–H groups in total. The van der Waals surface area contributed by atoms with E-state index in [0.717, 1.165) is 0 Å². The van der Waals surface area contributed by atoms with Crippen LogP contribution in [0, 0.1) is 6.92 Å². The number of rotatable bonds is 3. The zero-order valence-corrected chi connectivity index (χ0v) is 17.3. The number of anilines is 1. The minimum atomic E-state index is -5.16. The van der Waals surface area contributed by atoms with Gasteiger partial charge in [-0.3, -0.25) is 15.4 Å². The lowest BCUT2D eigenvalue weighted by Gasteiger charge is -2.20. The lowest BCUT2D eigenvalue weighted by molar-refractivity contribution is -0.176. The summed E-state index contributed by atoms with van der Waals surface area (Å²) in [6.07, 6.45) is 2.79. The molecule has 31 heavy (non-hydrogen) atoms. The van der Waals surface area contributed by atoms with Gasteiger partial charge in [0.2, 0.25) is 5.36 Å². The second-order valence-corrected chi connectivity index (χ2v) is 9.23. The first-order valence-corrected chi connectivity index (χ1v) is 11.3. The monoisotopic (exact) mass is 461 g/mol. The van der Waals surface area contributed by atoms with Gasteiger partial charge in [0.1, 0.15) is 25.1 Å². The summed E-state index contributed by atoms with van der Waals surface area (Å²) in [4.78, 5) is 6.61. The highest BCUT2D eigenvalue weighted by Crippen LogP contribution is 2.44. The summed E-state index contributed by atoms with van der Waals surface area (Å²) in [6.45, 7) is 1.62. The third-order valence-corrected chi connectivity index (χ3v) is 6.49. The number of fused-ring (bicyclic) bond motifs is 2. The van der Waals surface area contributed by atoms with Crippen LogP contribution in [0.2, 0.25) is 0 Å². The highest BCUT2D eigenvalue weighted by molar-refractivity contribution is 7.86. The minimum absolute atomic E-state index is 0.0961. The van der Waals surface area contributed by atoms with Gasteiger partial charge < -0.3 is 19.3 Å². The number of aromatic nitrogens is 2. The van der Waals surface area contributed by atoms with Crippen molar-refractivity contribution in [2.24, 2.45) is 0 Å². The molecule has 11 nitrogen and oxygen atoms in total. The Morgan fingerprint density at radius 3 is 2.23 bits per heavy atom. The predicted molar refractivity (Wildman–Crippen MR) is 104 cm³/mol. The SMILES string of the molecule is Cc1nccnc1-c1c2ccc(=[NH2+])c(S(=O)(=O)[O-])c-2oc2c(S(=O)(=O)[O-])c(N)ccc12. The molecule has 1 aromatic carbocycles. The first-order valence-electron chi connectivity index (χ1n) is 8.51. The van der Waals surface area contributed by atoms with Gasteiger partial charge in [-0.15, -0.1) is 0 Å². The topological polar surface area (TPSA) is 205 Å². The molecule has 0 radical (unpaired) electrons. The quantitative estimate of drug-likeness (QED) is 0.224. The largest absolute Gasteiger partial charge is 0.744 e. The standard InChI is InChI=1S/C18H14N4O7S2/c1-8-14(22-7-6-21-8)13-9-2-4-11(19)17(30(23,24)25)15(9)29-16-10(13)3-5-12(20)18(16)31(26,27)28/h2-7,19H,20H2,1H3,(H,23,24,25)(H,26,27,28)/p-1. The average molecular weight is 461 g/mol. The fourth-order valence-electron chi connectivity index (χ4n) is 3.42. The van der Waals surface area contributed by atoms with E-state index in [2.05, 4.69) is 9.97 Å². The molecule has 160 valence electrons. The Kier molecular flexibility index (Phi) is 4.59. The Morgan fingerprint density at radius 1 is 0.968 bits per heavy atom. The number of aryl methyl sites for hydroxylation is 1. The van der Waals surface area contributed by atoms with Crippen LogP contribution in [0.5, 0.6) is 0 Å². The summed E-state index contributed by atoms with van der Waals surface area (Å²) in [5.74, 6) is -0.530. The lowest BCUT2D eigenvalue weighted by Crippen LogP contribution is -2.47. The van der Waals surface area contributed by atoms with Crippen LogP contribution < -0.4 is 16.5 Å². The van der Waals surface area contributed by atoms with Crippen molar-refractivity contribution in [1.29, 1.82) is 0 Å². The number of hydrogen-bond acceptors (Lipinski definition) is 10. The molecule has 0 bridgehead atoms. The molecule has 0 spiro atoms. The van der Waals surface area contributed by atoms with E-state index in [0.29, 0.717) is 5.69 Å². The van der Waals surface area contributed by atoms with E-state index in [4.69, 9.17) is 15.6 Å². The first-order chi connectivity index (χ1) is 14.4. The van der Waals surface area contributed by atoms with Crippen molar-refractivity contribution >= 4 is 36.9 Å². The molecule has 0 atom stereocenters. The van der Waals surface area contributed by atoms with E-state index >= 15 is 0 Å². The summed E-state index contributed by atoms with van der Waals surface area (Å²) < 4.78 is 77.2. The first kappa shape index (κ1) is 20.9. The molecule has 0 saturated carbocycles. The molecule has 0 saturated heterocycles. The fraction of sp³-hybridized carbons (Fsp3) is 0.0556. The molecule has 2 aromatic rings. The third kappa shape index (κ3) is 3.33. The Balaban J connectivity index is 2.40. The summed E-state index contributed by atoms with van der Waals surface area (Å²) in [5, 5.41) is 5.40. The van der Waals surface area contributed by atoms with E-state index < -0.39 is 52.4 Å². The van der Waals surface area contributed by atoms with E-state index in [-0.39, 0.29) is 22.2 Å². The molecule has 0 amide bonds. The minimum Gasteiger partial charge on any atom is -0.744 e. The molecular formula is C18H13N4O7S2-. The third-order valence-electron chi connectivity index (χ3n) is 4.65. The van der Waals surface area contributed by atoms with E-state index in [9.17, 15) is 25.9 Å². The van der Waals surface area contributed by atoms with Crippen LogP contribution in [-0.4, -0.2) is 35.9 Å².